The van der Waals surface area contributed by atoms with Gasteiger partial charge in [-0.05, 0) is 0 Å². The molecule has 1 atom stereocenters. The summed E-state index contributed by atoms with van der Waals surface area (Å²) in [5.74, 6) is 0. The zero-order valence-corrected chi connectivity index (χ0v) is 4.42. The van der Waals surface area contributed by atoms with Gasteiger partial charge in [0.05, 0.1) is 13.0 Å². The minimum Gasteiger partial charge on any atom is -0.370 e. The molecule has 1 saturated heterocycles. The van der Waals surface area contributed by atoms with Crippen molar-refractivity contribution in [2.24, 2.45) is 0 Å². The number of aliphatic hydroxyl groups is 1. The Hall–Kier alpha value is -0.590. The molecular formula is C5H7NO2. The summed E-state index contributed by atoms with van der Waals surface area (Å²) in [5.41, 5.74) is -1.19. The fourth-order valence-corrected chi connectivity index (χ4v) is 0.632. The highest BCUT2D eigenvalue weighted by atomic mass is 16.5. The van der Waals surface area contributed by atoms with E-state index in [-0.39, 0.29) is 6.61 Å². The summed E-state index contributed by atoms with van der Waals surface area (Å²) in [5, 5.41) is 9.02. The van der Waals surface area contributed by atoms with Gasteiger partial charge in [-0.25, -0.2) is 6.57 Å². The molecule has 3 nitrogen and oxygen atoms in total. The molecule has 0 aromatic carbocycles. The van der Waals surface area contributed by atoms with Gasteiger partial charge in [0.15, 0.2) is 6.61 Å². The Bertz CT molecular complexity index is 121. The first-order valence-corrected chi connectivity index (χ1v) is 2.46. The van der Waals surface area contributed by atoms with Crippen LogP contribution in [0.4, 0.5) is 0 Å². The number of rotatable bonds is 0. The molecule has 0 saturated carbocycles. The maximum absolute atomic E-state index is 9.02. The van der Waals surface area contributed by atoms with Crippen molar-refractivity contribution in [2.45, 2.75) is 12.1 Å². The van der Waals surface area contributed by atoms with Crippen molar-refractivity contribution in [3.8, 4) is 0 Å². The molecule has 1 fully saturated rings. The Morgan fingerprint density at radius 3 is 2.75 bits per heavy atom. The fourth-order valence-electron chi connectivity index (χ4n) is 0.632. The smallest absolute Gasteiger partial charge is 0.360 e. The SMILES string of the molecule is [C-]#[N+]C1(O)CCOC1. The van der Waals surface area contributed by atoms with Gasteiger partial charge >= 0.3 is 5.72 Å². The maximum atomic E-state index is 9.02. The van der Waals surface area contributed by atoms with E-state index < -0.39 is 5.72 Å². The van der Waals surface area contributed by atoms with Gasteiger partial charge in [0, 0.05) is 0 Å². The molecule has 1 rings (SSSR count). The van der Waals surface area contributed by atoms with E-state index in [4.69, 9.17) is 16.4 Å². The lowest BCUT2D eigenvalue weighted by Crippen LogP contribution is -2.22. The topological polar surface area (TPSA) is 33.8 Å². The Balaban J connectivity index is 2.56. The second-order valence-electron chi connectivity index (χ2n) is 1.90. The standard InChI is InChI=1S/C5H7NO2/c1-6-5(7)2-3-8-4-5/h7H,2-4H2. The van der Waals surface area contributed by atoms with E-state index >= 15 is 0 Å². The van der Waals surface area contributed by atoms with Gasteiger partial charge in [-0.2, -0.15) is 0 Å². The minimum absolute atomic E-state index is 0.177. The van der Waals surface area contributed by atoms with E-state index in [1.54, 1.807) is 0 Å². The van der Waals surface area contributed by atoms with Gasteiger partial charge < -0.3 is 9.84 Å². The molecule has 0 amide bonds. The molecule has 3 heteroatoms. The zero-order valence-electron chi connectivity index (χ0n) is 4.42. The molecule has 0 aromatic rings. The van der Waals surface area contributed by atoms with E-state index in [1.165, 1.54) is 0 Å². The maximum Gasteiger partial charge on any atom is 0.360 e. The molecular weight excluding hydrogens is 106 g/mol. The van der Waals surface area contributed by atoms with Crippen molar-refractivity contribution in [1.29, 1.82) is 0 Å². The van der Waals surface area contributed by atoms with Crippen LogP contribution in [0.3, 0.4) is 0 Å². The van der Waals surface area contributed by atoms with Crippen molar-refractivity contribution in [2.75, 3.05) is 13.2 Å². The van der Waals surface area contributed by atoms with E-state index in [0.29, 0.717) is 13.0 Å². The summed E-state index contributed by atoms with van der Waals surface area (Å²) in [6.45, 7) is 7.18. The molecule has 1 N–H and O–H groups in total. The highest BCUT2D eigenvalue weighted by Gasteiger charge is 2.38. The van der Waals surface area contributed by atoms with Crippen LogP contribution in [0.1, 0.15) is 6.42 Å². The number of ether oxygens (including phenoxy) is 1. The molecule has 1 aliphatic rings. The van der Waals surface area contributed by atoms with Crippen molar-refractivity contribution < 1.29 is 9.84 Å². The molecule has 8 heavy (non-hydrogen) atoms. The van der Waals surface area contributed by atoms with Crippen LogP contribution in [-0.4, -0.2) is 24.0 Å². The summed E-state index contributed by atoms with van der Waals surface area (Å²) in [6, 6.07) is 0. The Morgan fingerprint density at radius 2 is 2.50 bits per heavy atom. The van der Waals surface area contributed by atoms with E-state index in [2.05, 4.69) is 4.85 Å². The Morgan fingerprint density at radius 1 is 1.75 bits per heavy atom. The number of hydrogen-bond acceptors (Lipinski definition) is 2. The second kappa shape index (κ2) is 1.73. The summed E-state index contributed by atoms with van der Waals surface area (Å²) in [7, 11) is 0. The van der Waals surface area contributed by atoms with Gasteiger partial charge in [-0.1, -0.05) is 0 Å². The quantitative estimate of drug-likeness (QED) is 0.449. The van der Waals surface area contributed by atoms with Gasteiger partial charge in [0.25, 0.3) is 0 Å². The molecule has 0 spiro atoms. The average molecular weight is 113 g/mol. The van der Waals surface area contributed by atoms with Crippen LogP contribution in [-0.2, 0) is 4.74 Å². The summed E-state index contributed by atoms with van der Waals surface area (Å²) < 4.78 is 4.79. The van der Waals surface area contributed by atoms with Crippen molar-refractivity contribution in [3.63, 3.8) is 0 Å². The van der Waals surface area contributed by atoms with Crippen LogP contribution >= 0.6 is 0 Å². The third kappa shape index (κ3) is 0.808. The Kier molecular flexibility index (Phi) is 1.20. The molecule has 0 radical (unpaired) electrons. The van der Waals surface area contributed by atoms with Crippen LogP contribution in [0.2, 0.25) is 0 Å². The van der Waals surface area contributed by atoms with Crippen LogP contribution in [0.15, 0.2) is 0 Å². The molecule has 1 heterocycles. The number of hydrogen-bond donors (Lipinski definition) is 1. The first kappa shape index (κ1) is 5.54. The molecule has 0 aromatic heterocycles. The number of nitrogens with zero attached hydrogens (tertiary/aromatic N) is 1. The van der Waals surface area contributed by atoms with E-state index in [9.17, 15) is 0 Å². The van der Waals surface area contributed by atoms with Crippen LogP contribution in [0.5, 0.6) is 0 Å². The molecule has 44 valence electrons. The predicted octanol–water partition coefficient (Wildman–Crippen LogP) is 0.0146. The first-order chi connectivity index (χ1) is 3.77. The van der Waals surface area contributed by atoms with Crippen LogP contribution < -0.4 is 0 Å². The van der Waals surface area contributed by atoms with E-state index in [1.807, 2.05) is 0 Å². The van der Waals surface area contributed by atoms with Gasteiger partial charge in [-0.3, -0.25) is 4.85 Å². The Labute approximate surface area is 47.7 Å². The lowest BCUT2D eigenvalue weighted by molar-refractivity contribution is 0.0663. The molecule has 1 aliphatic heterocycles. The third-order valence-corrected chi connectivity index (χ3v) is 1.19. The first-order valence-electron chi connectivity index (χ1n) is 2.46. The third-order valence-electron chi connectivity index (χ3n) is 1.19. The van der Waals surface area contributed by atoms with Gasteiger partial charge in [-0.15, -0.1) is 0 Å². The predicted molar refractivity (Wildman–Crippen MR) is 27.0 cm³/mol. The highest BCUT2D eigenvalue weighted by molar-refractivity contribution is 4.90. The van der Waals surface area contributed by atoms with E-state index in [0.717, 1.165) is 0 Å². The van der Waals surface area contributed by atoms with Crippen LogP contribution in [0.25, 0.3) is 4.85 Å². The normalized spacial score (nSPS) is 37.0. The molecule has 0 aliphatic carbocycles. The van der Waals surface area contributed by atoms with Crippen LogP contribution in [0, 0.1) is 6.57 Å². The molecule has 0 bridgehead atoms. The summed E-state index contributed by atoms with van der Waals surface area (Å²) in [6.07, 6.45) is 0.455. The zero-order chi connectivity index (χ0) is 6.04. The van der Waals surface area contributed by atoms with Gasteiger partial charge in [0.1, 0.15) is 0 Å². The second-order valence-corrected chi connectivity index (χ2v) is 1.90. The largest absolute Gasteiger partial charge is 0.370 e. The lowest BCUT2D eigenvalue weighted by atomic mass is 10.2. The minimum atomic E-state index is -1.19. The summed E-state index contributed by atoms with van der Waals surface area (Å²) >= 11 is 0. The molecule has 1 unspecified atom stereocenters. The van der Waals surface area contributed by atoms with Crippen molar-refractivity contribution in [3.05, 3.63) is 11.4 Å². The van der Waals surface area contributed by atoms with Crippen molar-refractivity contribution >= 4 is 0 Å². The lowest BCUT2D eigenvalue weighted by Gasteiger charge is -2.01. The van der Waals surface area contributed by atoms with Gasteiger partial charge in [0.2, 0.25) is 0 Å². The highest BCUT2D eigenvalue weighted by Crippen LogP contribution is 2.18. The average Bonchev–Trinajstić information content (AvgIpc) is 2.17. The van der Waals surface area contributed by atoms with Crippen molar-refractivity contribution in [1.82, 2.24) is 0 Å². The fraction of sp³-hybridized carbons (Fsp3) is 0.800. The monoisotopic (exact) mass is 113 g/mol. The summed E-state index contributed by atoms with van der Waals surface area (Å²) in [4.78, 5) is 3.00.